The van der Waals surface area contributed by atoms with E-state index in [1.54, 1.807) is 26.4 Å². The fraction of sp³-hybridized carbons (Fsp3) is 0.278. The topological polar surface area (TPSA) is 105 Å². The van der Waals surface area contributed by atoms with Gasteiger partial charge in [0.25, 0.3) is 0 Å². The lowest BCUT2D eigenvalue weighted by Crippen LogP contribution is -2.12. The van der Waals surface area contributed by atoms with Gasteiger partial charge in [-0.2, -0.15) is 0 Å². The van der Waals surface area contributed by atoms with Crippen LogP contribution in [0.25, 0.3) is 11.1 Å². The van der Waals surface area contributed by atoms with Crippen LogP contribution in [0.5, 0.6) is 11.5 Å². The second kappa shape index (κ2) is 6.00. The van der Waals surface area contributed by atoms with Crippen molar-refractivity contribution < 1.29 is 22.3 Å². The molecule has 2 aromatic carbocycles. The summed E-state index contributed by atoms with van der Waals surface area (Å²) in [5, 5.41) is 5.27. The summed E-state index contributed by atoms with van der Waals surface area (Å²) < 4.78 is 39.9. The van der Waals surface area contributed by atoms with Crippen molar-refractivity contribution in [2.45, 2.75) is 23.2 Å². The molecule has 0 bridgehead atoms. The number of fused-ring (bicyclic) bond motifs is 1. The SMILES string of the molecule is COc1ccc(C2CC2c2nc3c(S(N)(=O)=O)cccc3o2)cc1OC. The maximum atomic E-state index is 11.7. The molecule has 4 rings (SSSR count). The fourth-order valence-corrected chi connectivity index (χ4v) is 3.93. The van der Waals surface area contributed by atoms with Crippen molar-refractivity contribution in [1.29, 1.82) is 0 Å². The number of hydrogen-bond donors (Lipinski definition) is 1. The number of ether oxygens (including phenoxy) is 2. The van der Waals surface area contributed by atoms with Crippen LogP contribution >= 0.6 is 0 Å². The van der Waals surface area contributed by atoms with Crippen LogP contribution < -0.4 is 14.6 Å². The van der Waals surface area contributed by atoms with E-state index in [-0.39, 0.29) is 22.2 Å². The van der Waals surface area contributed by atoms with Gasteiger partial charge in [-0.3, -0.25) is 0 Å². The van der Waals surface area contributed by atoms with E-state index in [9.17, 15) is 8.42 Å². The lowest BCUT2D eigenvalue weighted by molar-refractivity contribution is 0.354. The summed E-state index contributed by atoms with van der Waals surface area (Å²) in [6.45, 7) is 0. The Morgan fingerprint density at radius 3 is 2.58 bits per heavy atom. The molecule has 1 saturated carbocycles. The molecule has 2 N–H and O–H groups in total. The molecule has 1 fully saturated rings. The molecular formula is C18H18N2O5S. The van der Waals surface area contributed by atoms with Crippen LogP contribution in [0.15, 0.2) is 45.7 Å². The van der Waals surface area contributed by atoms with E-state index in [1.807, 2.05) is 18.2 Å². The van der Waals surface area contributed by atoms with Crippen molar-refractivity contribution in [1.82, 2.24) is 4.98 Å². The van der Waals surface area contributed by atoms with E-state index in [4.69, 9.17) is 19.0 Å². The fourth-order valence-electron chi connectivity index (χ4n) is 3.25. The van der Waals surface area contributed by atoms with Crippen LogP contribution in [-0.4, -0.2) is 27.6 Å². The van der Waals surface area contributed by atoms with Crippen molar-refractivity contribution in [2.75, 3.05) is 14.2 Å². The molecule has 1 aliphatic rings. The summed E-state index contributed by atoms with van der Waals surface area (Å²) in [4.78, 5) is 4.39. The number of nitrogens with zero attached hydrogens (tertiary/aromatic N) is 1. The number of sulfonamides is 1. The van der Waals surface area contributed by atoms with Crippen molar-refractivity contribution in [3.05, 3.63) is 47.9 Å². The molecule has 2 unspecified atom stereocenters. The monoisotopic (exact) mass is 374 g/mol. The van der Waals surface area contributed by atoms with E-state index in [0.717, 1.165) is 12.0 Å². The molecule has 2 atom stereocenters. The van der Waals surface area contributed by atoms with Gasteiger partial charge in [0.05, 0.1) is 14.2 Å². The highest BCUT2D eigenvalue weighted by molar-refractivity contribution is 7.89. The van der Waals surface area contributed by atoms with Gasteiger partial charge in [0.2, 0.25) is 10.0 Å². The summed E-state index contributed by atoms with van der Waals surface area (Å²) >= 11 is 0. The summed E-state index contributed by atoms with van der Waals surface area (Å²) in [7, 11) is -0.662. The first-order valence-corrected chi connectivity index (χ1v) is 9.61. The smallest absolute Gasteiger partial charge is 0.240 e. The Bertz CT molecular complexity index is 1090. The number of para-hydroxylation sites is 1. The first-order chi connectivity index (χ1) is 12.4. The highest BCUT2D eigenvalue weighted by Gasteiger charge is 2.43. The Labute approximate surface area is 150 Å². The van der Waals surface area contributed by atoms with Crippen molar-refractivity contribution in [2.24, 2.45) is 5.14 Å². The van der Waals surface area contributed by atoms with E-state index >= 15 is 0 Å². The first-order valence-electron chi connectivity index (χ1n) is 8.06. The van der Waals surface area contributed by atoms with Gasteiger partial charge in [-0.15, -0.1) is 0 Å². The maximum absolute atomic E-state index is 11.7. The predicted octanol–water partition coefficient (Wildman–Crippen LogP) is 2.76. The Balaban J connectivity index is 1.67. The van der Waals surface area contributed by atoms with Crippen LogP contribution in [0.3, 0.4) is 0 Å². The van der Waals surface area contributed by atoms with Gasteiger partial charge in [-0.05, 0) is 42.2 Å². The number of benzene rings is 2. The van der Waals surface area contributed by atoms with E-state index < -0.39 is 10.0 Å². The Kier molecular flexibility index (Phi) is 3.89. The lowest BCUT2D eigenvalue weighted by atomic mass is 10.1. The van der Waals surface area contributed by atoms with Crippen LogP contribution in [0, 0.1) is 0 Å². The zero-order chi connectivity index (χ0) is 18.5. The van der Waals surface area contributed by atoms with E-state index in [0.29, 0.717) is 23.0 Å². The minimum atomic E-state index is -3.86. The van der Waals surface area contributed by atoms with Gasteiger partial charge in [0, 0.05) is 5.92 Å². The highest BCUT2D eigenvalue weighted by atomic mass is 32.2. The van der Waals surface area contributed by atoms with Crippen LogP contribution in [0.2, 0.25) is 0 Å². The van der Waals surface area contributed by atoms with Gasteiger partial charge >= 0.3 is 0 Å². The quantitative estimate of drug-likeness (QED) is 0.736. The normalized spacial score (nSPS) is 19.5. The maximum Gasteiger partial charge on any atom is 0.240 e. The van der Waals surface area contributed by atoms with Crippen molar-refractivity contribution >= 4 is 21.1 Å². The molecule has 0 spiro atoms. The minimum Gasteiger partial charge on any atom is -0.493 e. The Hall–Kier alpha value is -2.58. The number of rotatable bonds is 5. The molecule has 26 heavy (non-hydrogen) atoms. The third kappa shape index (κ3) is 2.81. The third-order valence-electron chi connectivity index (χ3n) is 4.65. The molecule has 1 heterocycles. The molecular weight excluding hydrogens is 356 g/mol. The number of hydrogen-bond acceptors (Lipinski definition) is 6. The number of primary sulfonamides is 1. The Morgan fingerprint density at radius 2 is 1.88 bits per heavy atom. The number of oxazole rings is 1. The first kappa shape index (κ1) is 16.9. The molecule has 0 radical (unpaired) electrons. The zero-order valence-corrected chi connectivity index (χ0v) is 15.1. The Morgan fingerprint density at radius 1 is 1.12 bits per heavy atom. The number of nitrogens with two attached hydrogens (primary N) is 1. The molecule has 1 aliphatic carbocycles. The third-order valence-corrected chi connectivity index (χ3v) is 5.59. The van der Waals surface area contributed by atoms with Crippen LogP contribution in [0.1, 0.15) is 29.7 Å². The van der Waals surface area contributed by atoms with Gasteiger partial charge < -0.3 is 13.9 Å². The highest BCUT2D eigenvalue weighted by Crippen LogP contribution is 2.55. The van der Waals surface area contributed by atoms with Gasteiger partial charge in [-0.1, -0.05) is 12.1 Å². The second-order valence-electron chi connectivity index (χ2n) is 6.26. The summed E-state index contributed by atoms with van der Waals surface area (Å²) in [6.07, 6.45) is 0.868. The zero-order valence-electron chi connectivity index (χ0n) is 14.3. The van der Waals surface area contributed by atoms with E-state index in [2.05, 4.69) is 4.98 Å². The molecule has 136 valence electrons. The largest absolute Gasteiger partial charge is 0.493 e. The van der Waals surface area contributed by atoms with Gasteiger partial charge in [0.1, 0.15) is 10.4 Å². The average molecular weight is 374 g/mol. The predicted molar refractivity (Wildman–Crippen MR) is 95.0 cm³/mol. The minimum absolute atomic E-state index is 0.0201. The molecule has 1 aromatic heterocycles. The van der Waals surface area contributed by atoms with Crippen LogP contribution in [-0.2, 0) is 10.0 Å². The molecule has 3 aromatic rings. The number of aromatic nitrogens is 1. The summed E-state index contributed by atoms with van der Waals surface area (Å²) in [6, 6.07) is 10.5. The molecule has 7 nitrogen and oxygen atoms in total. The molecule has 0 saturated heterocycles. The molecule has 0 amide bonds. The van der Waals surface area contributed by atoms with Crippen molar-refractivity contribution in [3.63, 3.8) is 0 Å². The molecule has 8 heteroatoms. The second-order valence-corrected chi connectivity index (χ2v) is 7.79. The van der Waals surface area contributed by atoms with E-state index in [1.165, 1.54) is 6.07 Å². The van der Waals surface area contributed by atoms with Gasteiger partial charge in [-0.25, -0.2) is 18.5 Å². The van der Waals surface area contributed by atoms with Crippen LogP contribution in [0.4, 0.5) is 0 Å². The average Bonchev–Trinajstić information content (AvgIpc) is 3.30. The van der Waals surface area contributed by atoms with Gasteiger partial charge in [0.15, 0.2) is 23.0 Å². The standard InChI is InChI=1S/C18H18N2O5S/c1-23-13-7-6-10(8-15(13)24-2)11-9-12(11)18-20-17-14(25-18)4-3-5-16(17)26(19,21)22/h3-8,11-12H,9H2,1-2H3,(H2,19,21,22). The van der Waals surface area contributed by atoms with Crippen molar-refractivity contribution in [3.8, 4) is 11.5 Å². The molecule has 0 aliphatic heterocycles. The number of methoxy groups -OCH3 is 2. The summed E-state index contributed by atoms with van der Waals surface area (Å²) in [5.41, 5.74) is 1.80. The summed E-state index contributed by atoms with van der Waals surface area (Å²) in [5.74, 6) is 2.20. The lowest BCUT2D eigenvalue weighted by Gasteiger charge is -2.09.